The van der Waals surface area contributed by atoms with E-state index in [4.69, 9.17) is 16.3 Å². The Hall–Kier alpha value is -2.40. The van der Waals surface area contributed by atoms with Gasteiger partial charge in [-0.15, -0.1) is 0 Å². The highest BCUT2D eigenvalue weighted by Crippen LogP contribution is 2.26. The van der Waals surface area contributed by atoms with Gasteiger partial charge in [0.05, 0.1) is 17.5 Å². The van der Waals surface area contributed by atoms with E-state index in [-0.39, 0.29) is 10.7 Å². The minimum atomic E-state index is -3.98. The Labute approximate surface area is 179 Å². The molecule has 0 saturated carbocycles. The van der Waals surface area contributed by atoms with E-state index >= 15 is 0 Å². The molecule has 0 aliphatic carbocycles. The lowest BCUT2D eigenvalue weighted by Gasteiger charge is -2.21. The summed E-state index contributed by atoms with van der Waals surface area (Å²) in [6, 6.07) is 9.68. The van der Waals surface area contributed by atoms with Gasteiger partial charge in [-0.1, -0.05) is 11.6 Å². The van der Waals surface area contributed by atoms with Gasteiger partial charge in [-0.2, -0.15) is 0 Å². The number of hydrogen-bond acceptors (Lipinski definition) is 6. The van der Waals surface area contributed by atoms with Crippen LogP contribution in [0.3, 0.4) is 0 Å². The van der Waals surface area contributed by atoms with Crippen molar-refractivity contribution >= 4 is 38.9 Å². The van der Waals surface area contributed by atoms with Crippen molar-refractivity contribution in [2.75, 3.05) is 16.6 Å². The molecule has 2 aromatic carbocycles. The van der Waals surface area contributed by atoms with E-state index in [0.717, 1.165) is 6.07 Å². The number of benzene rings is 2. The highest BCUT2D eigenvalue weighted by molar-refractivity contribution is 7.93. The molecule has 0 bridgehead atoms. The fourth-order valence-electron chi connectivity index (χ4n) is 3.10. The molecule has 1 aliphatic heterocycles. The topological polar surface area (TPSA) is 109 Å². The molecule has 162 valence electrons. The summed E-state index contributed by atoms with van der Waals surface area (Å²) < 4.78 is 47.0. The first kappa shape index (κ1) is 22.3. The van der Waals surface area contributed by atoms with Crippen LogP contribution in [-0.2, 0) is 14.8 Å². The molecule has 4 N–H and O–H groups in total. The second kappa shape index (κ2) is 9.17. The molecule has 1 saturated heterocycles. The highest BCUT2D eigenvalue weighted by atomic mass is 35.5. The molecule has 8 nitrogen and oxygen atoms in total. The van der Waals surface area contributed by atoms with E-state index < -0.39 is 39.1 Å². The lowest BCUT2D eigenvalue weighted by Crippen LogP contribution is -2.45. The van der Waals surface area contributed by atoms with Crippen molar-refractivity contribution in [2.24, 2.45) is 5.92 Å². The molecular weight excluding hydrogens is 435 g/mol. The summed E-state index contributed by atoms with van der Waals surface area (Å²) in [6.45, 7) is 4.03. The van der Waals surface area contributed by atoms with Crippen molar-refractivity contribution < 1.29 is 22.3 Å². The molecule has 3 atom stereocenters. The van der Waals surface area contributed by atoms with Gasteiger partial charge in [-0.25, -0.2) is 18.2 Å². The van der Waals surface area contributed by atoms with Crippen molar-refractivity contribution in [3.63, 3.8) is 0 Å². The zero-order chi connectivity index (χ0) is 21.9. The third-order valence-corrected chi connectivity index (χ3v) is 6.46. The Morgan fingerprint density at radius 1 is 1.17 bits per heavy atom. The average molecular weight is 457 g/mol. The number of amides is 1. The molecule has 3 unspecified atom stereocenters. The first-order valence-electron chi connectivity index (χ1n) is 9.22. The van der Waals surface area contributed by atoms with Crippen molar-refractivity contribution in [1.82, 2.24) is 10.9 Å². The molecule has 30 heavy (non-hydrogen) atoms. The largest absolute Gasteiger partial charge is 0.494 e. The molecule has 1 aliphatic rings. The first-order valence-corrected chi connectivity index (χ1v) is 11.1. The Bertz CT molecular complexity index is 1020. The van der Waals surface area contributed by atoms with Crippen LogP contribution in [0.25, 0.3) is 0 Å². The zero-order valence-corrected chi connectivity index (χ0v) is 17.9. The Balaban J connectivity index is 1.75. The van der Waals surface area contributed by atoms with Gasteiger partial charge in [0.2, 0.25) is 5.91 Å². The Morgan fingerprint density at radius 3 is 2.47 bits per heavy atom. The van der Waals surface area contributed by atoms with E-state index in [2.05, 4.69) is 20.9 Å². The molecule has 2 aromatic rings. The third kappa shape index (κ3) is 5.01. The van der Waals surface area contributed by atoms with Crippen LogP contribution >= 0.6 is 11.6 Å². The van der Waals surface area contributed by atoms with E-state index in [0.29, 0.717) is 18.0 Å². The third-order valence-electron chi connectivity index (χ3n) is 4.57. The summed E-state index contributed by atoms with van der Waals surface area (Å²) in [6.07, 6.45) is 0. The van der Waals surface area contributed by atoms with Gasteiger partial charge >= 0.3 is 0 Å². The lowest BCUT2D eigenvalue weighted by atomic mass is 10.0. The number of ether oxygens (including phenoxy) is 1. The molecule has 1 amide bonds. The van der Waals surface area contributed by atoms with Gasteiger partial charge < -0.3 is 10.1 Å². The number of sulfonamides is 1. The number of halogens is 2. The summed E-state index contributed by atoms with van der Waals surface area (Å²) in [5.74, 6) is -1.52. The number of anilines is 2. The van der Waals surface area contributed by atoms with Crippen LogP contribution in [0.5, 0.6) is 5.75 Å². The average Bonchev–Trinajstić information content (AvgIpc) is 3.09. The monoisotopic (exact) mass is 456 g/mol. The van der Waals surface area contributed by atoms with Crippen LogP contribution in [0.15, 0.2) is 42.5 Å². The van der Waals surface area contributed by atoms with Gasteiger partial charge in [0.15, 0.2) is 5.37 Å². The molecule has 0 aromatic heterocycles. The number of carbonyl (C=O) groups excluding carboxylic acids is 1. The summed E-state index contributed by atoms with van der Waals surface area (Å²) in [5.41, 5.74) is 6.05. The van der Waals surface area contributed by atoms with Gasteiger partial charge in [0.1, 0.15) is 11.6 Å². The summed E-state index contributed by atoms with van der Waals surface area (Å²) in [4.78, 5) is 12.8. The minimum Gasteiger partial charge on any atom is -0.494 e. The lowest BCUT2D eigenvalue weighted by molar-refractivity contribution is -0.119. The summed E-state index contributed by atoms with van der Waals surface area (Å²) >= 11 is 5.74. The van der Waals surface area contributed by atoms with E-state index in [9.17, 15) is 17.6 Å². The number of rotatable bonds is 7. The van der Waals surface area contributed by atoms with Gasteiger partial charge in [0.25, 0.3) is 10.0 Å². The number of hydrogen-bond donors (Lipinski definition) is 4. The van der Waals surface area contributed by atoms with E-state index in [1.54, 1.807) is 31.2 Å². The van der Waals surface area contributed by atoms with Crippen molar-refractivity contribution in [2.45, 2.75) is 25.3 Å². The van der Waals surface area contributed by atoms with Crippen LogP contribution < -0.4 is 25.6 Å². The van der Waals surface area contributed by atoms with Crippen LogP contribution in [0, 0.1) is 11.7 Å². The number of nitrogens with one attached hydrogen (secondary N) is 4. The normalized spacial score (nSPS) is 21.3. The van der Waals surface area contributed by atoms with Crippen LogP contribution in [0.4, 0.5) is 15.8 Å². The predicted molar refractivity (Wildman–Crippen MR) is 113 cm³/mol. The summed E-state index contributed by atoms with van der Waals surface area (Å²) in [5, 5.41) is 1.20. The fraction of sp³-hybridized carbons (Fsp3) is 0.316. The Kier molecular flexibility index (Phi) is 6.81. The molecular formula is C19H22ClFN4O4S. The first-order chi connectivity index (χ1) is 14.2. The SMILES string of the molecule is CCOc1ccc(NS(=O)(=O)C2NNC(C)C2C(=O)Nc2ccc(F)c(Cl)c2)cc1. The van der Waals surface area contributed by atoms with Crippen LogP contribution in [0.1, 0.15) is 13.8 Å². The van der Waals surface area contributed by atoms with E-state index in [1.807, 2.05) is 6.92 Å². The fourth-order valence-corrected chi connectivity index (χ4v) is 4.84. The van der Waals surface area contributed by atoms with E-state index in [1.165, 1.54) is 12.1 Å². The number of carbonyl (C=O) groups is 1. The predicted octanol–water partition coefficient (Wildman–Crippen LogP) is 2.70. The zero-order valence-electron chi connectivity index (χ0n) is 16.3. The van der Waals surface area contributed by atoms with Crippen molar-refractivity contribution in [1.29, 1.82) is 0 Å². The minimum absolute atomic E-state index is 0.148. The van der Waals surface area contributed by atoms with Gasteiger partial charge in [-0.05, 0) is 56.3 Å². The van der Waals surface area contributed by atoms with Crippen LogP contribution in [-0.4, -0.2) is 32.3 Å². The molecule has 0 radical (unpaired) electrons. The maximum atomic E-state index is 13.3. The summed E-state index contributed by atoms with van der Waals surface area (Å²) in [7, 11) is -3.98. The maximum absolute atomic E-state index is 13.3. The van der Waals surface area contributed by atoms with Crippen molar-refractivity contribution in [3.8, 4) is 5.75 Å². The molecule has 3 rings (SSSR count). The second-order valence-electron chi connectivity index (χ2n) is 6.75. The quantitative estimate of drug-likeness (QED) is 0.510. The molecule has 1 heterocycles. The van der Waals surface area contributed by atoms with Crippen molar-refractivity contribution in [3.05, 3.63) is 53.3 Å². The van der Waals surface area contributed by atoms with Crippen LogP contribution in [0.2, 0.25) is 5.02 Å². The Morgan fingerprint density at radius 2 is 1.83 bits per heavy atom. The smallest absolute Gasteiger partial charge is 0.250 e. The number of hydrazine groups is 1. The maximum Gasteiger partial charge on any atom is 0.250 e. The van der Waals surface area contributed by atoms with Gasteiger partial charge in [0, 0.05) is 17.4 Å². The highest BCUT2D eigenvalue weighted by Gasteiger charge is 2.46. The second-order valence-corrected chi connectivity index (χ2v) is 8.96. The standard InChI is InChI=1S/C19H22ClFN4O4S/c1-3-29-14-7-4-12(5-8-14)25-30(27,28)19-17(11(2)23-24-19)18(26)22-13-6-9-16(21)15(20)10-13/h4-11,17,19,23-25H,3H2,1-2H3,(H,22,26). The van der Waals surface area contributed by atoms with Gasteiger partial charge in [-0.3, -0.25) is 14.9 Å². The molecule has 0 spiro atoms. The molecule has 11 heteroatoms. The molecule has 1 fully saturated rings.